The summed E-state index contributed by atoms with van der Waals surface area (Å²) in [5.74, 6) is 0.0849. The van der Waals surface area contributed by atoms with Crippen molar-refractivity contribution >= 4 is 5.91 Å². The van der Waals surface area contributed by atoms with Gasteiger partial charge in [-0.15, -0.1) is 0 Å². The highest BCUT2D eigenvalue weighted by molar-refractivity contribution is 5.81. The summed E-state index contributed by atoms with van der Waals surface area (Å²) in [5.41, 5.74) is 1.22. The van der Waals surface area contributed by atoms with Crippen molar-refractivity contribution < 1.29 is 4.79 Å². The Balaban J connectivity index is 2.29. The molecule has 1 unspecified atom stereocenters. The average molecular weight is 277 g/mol. The summed E-state index contributed by atoms with van der Waals surface area (Å²) in [7, 11) is 1.98. The largest absolute Gasteiger partial charge is 0.353 e. The molecule has 0 bridgehead atoms. The number of carbonyl (C=O) groups is 1. The van der Waals surface area contributed by atoms with E-state index in [1.165, 1.54) is 5.56 Å². The van der Waals surface area contributed by atoms with E-state index in [-0.39, 0.29) is 11.9 Å². The van der Waals surface area contributed by atoms with E-state index in [4.69, 9.17) is 0 Å². The zero-order valence-electron chi connectivity index (χ0n) is 12.9. The van der Waals surface area contributed by atoms with E-state index in [1.807, 2.05) is 32.2 Å². The van der Waals surface area contributed by atoms with E-state index in [0.29, 0.717) is 6.54 Å². The predicted molar refractivity (Wildman–Crippen MR) is 83.5 cm³/mol. The third-order valence-electron chi connectivity index (χ3n) is 3.34. The van der Waals surface area contributed by atoms with Gasteiger partial charge in [0.1, 0.15) is 0 Å². The number of hydrogen-bond donors (Lipinski definition) is 2. The van der Waals surface area contributed by atoms with E-state index in [9.17, 15) is 4.79 Å². The van der Waals surface area contributed by atoms with Crippen LogP contribution in [0.5, 0.6) is 0 Å². The van der Waals surface area contributed by atoms with Gasteiger partial charge in [-0.2, -0.15) is 0 Å². The lowest BCUT2D eigenvalue weighted by Crippen LogP contribution is -2.44. The van der Waals surface area contributed by atoms with Gasteiger partial charge in [0.25, 0.3) is 0 Å². The number of hydrogen-bond acceptors (Lipinski definition) is 3. The number of amides is 1. The Morgan fingerprint density at radius 1 is 1.20 bits per heavy atom. The molecule has 4 heteroatoms. The number of nitrogens with zero attached hydrogens (tertiary/aromatic N) is 1. The third-order valence-corrected chi connectivity index (χ3v) is 3.34. The van der Waals surface area contributed by atoms with Crippen LogP contribution in [0.25, 0.3) is 0 Å². The van der Waals surface area contributed by atoms with Crippen molar-refractivity contribution in [2.24, 2.45) is 0 Å². The summed E-state index contributed by atoms with van der Waals surface area (Å²) in [5, 5.41) is 6.23. The molecule has 1 rings (SSSR count). The molecule has 2 N–H and O–H groups in total. The minimum atomic E-state index is -0.124. The summed E-state index contributed by atoms with van der Waals surface area (Å²) in [4.78, 5) is 14.1. The first-order valence-electron chi connectivity index (χ1n) is 7.37. The van der Waals surface area contributed by atoms with Crippen molar-refractivity contribution in [2.75, 3.05) is 26.7 Å². The molecule has 0 spiro atoms. The maximum atomic E-state index is 12.0. The molecule has 0 aromatic heterocycles. The first-order chi connectivity index (χ1) is 9.65. The van der Waals surface area contributed by atoms with E-state index in [0.717, 1.165) is 26.1 Å². The van der Waals surface area contributed by atoms with Gasteiger partial charge in [0.05, 0.1) is 6.04 Å². The van der Waals surface area contributed by atoms with Gasteiger partial charge in [-0.25, -0.2) is 0 Å². The Morgan fingerprint density at radius 3 is 2.55 bits per heavy atom. The number of likely N-dealkylation sites (N-methyl/N-ethyl adjacent to an activating group) is 1. The molecule has 0 aliphatic heterocycles. The number of nitrogens with one attached hydrogen (secondary N) is 2. The lowest BCUT2D eigenvalue weighted by molar-refractivity contribution is -0.125. The Kier molecular flexibility index (Phi) is 7.92. The van der Waals surface area contributed by atoms with Gasteiger partial charge in [0.15, 0.2) is 0 Å². The fourth-order valence-electron chi connectivity index (χ4n) is 1.93. The van der Waals surface area contributed by atoms with E-state index in [1.54, 1.807) is 0 Å². The Morgan fingerprint density at radius 2 is 1.90 bits per heavy atom. The zero-order valence-corrected chi connectivity index (χ0v) is 12.9. The van der Waals surface area contributed by atoms with E-state index >= 15 is 0 Å². The van der Waals surface area contributed by atoms with Crippen LogP contribution in [0.2, 0.25) is 0 Å². The summed E-state index contributed by atoms with van der Waals surface area (Å²) in [6.45, 7) is 7.36. The highest BCUT2D eigenvalue weighted by Crippen LogP contribution is 2.05. The zero-order chi connectivity index (χ0) is 14.8. The second-order valence-electron chi connectivity index (χ2n) is 5.12. The molecular weight excluding hydrogens is 250 g/mol. The fraction of sp³-hybridized carbons (Fsp3) is 0.562. The predicted octanol–water partition coefficient (Wildman–Crippen LogP) is 1.62. The molecular formula is C16H27N3O. The molecule has 0 heterocycles. The highest BCUT2D eigenvalue weighted by Gasteiger charge is 2.17. The maximum absolute atomic E-state index is 12.0. The number of carbonyl (C=O) groups excluding carboxylic acids is 1. The van der Waals surface area contributed by atoms with Crippen LogP contribution >= 0.6 is 0 Å². The Hall–Kier alpha value is -1.39. The molecule has 112 valence electrons. The molecule has 0 radical (unpaired) electrons. The minimum Gasteiger partial charge on any atom is -0.353 e. The fourth-order valence-corrected chi connectivity index (χ4v) is 1.93. The summed E-state index contributed by atoms with van der Waals surface area (Å²) in [6, 6.07) is 10.1. The highest BCUT2D eigenvalue weighted by atomic mass is 16.2. The molecule has 0 saturated heterocycles. The second-order valence-corrected chi connectivity index (χ2v) is 5.12. The van der Waals surface area contributed by atoms with Crippen LogP contribution < -0.4 is 10.6 Å². The quantitative estimate of drug-likeness (QED) is 0.674. The van der Waals surface area contributed by atoms with Crippen LogP contribution in [0.15, 0.2) is 30.3 Å². The van der Waals surface area contributed by atoms with Gasteiger partial charge in [-0.3, -0.25) is 9.69 Å². The van der Waals surface area contributed by atoms with Crippen molar-refractivity contribution in [2.45, 2.75) is 32.9 Å². The molecule has 0 fully saturated rings. The summed E-state index contributed by atoms with van der Waals surface area (Å²) in [6.07, 6.45) is 1.12. The average Bonchev–Trinajstić information content (AvgIpc) is 2.47. The standard InChI is InChI=1S/C16H27N3O/c1-4-10-17-11-12-18-16(20)14(2)19(3)13-15-8-6-5-7-9-15/h5-9,14,17H,4,10-13H2,1-3H3,(H,18,20). The molecule has 20 heavy (non-hydrogen) atoms. The second kappa shape index (κ2) is 9.50. The van der Waals surface area contributed by atoms with Crippen molar-refractivity contribution in [1.29, 1.82) is 0 Å². The normalized spacial score (nSPS) is 12.4. The van der Waals surface area contributed by atoms with Crippen LogP contribution in [-0.4, -0.2) is 43.5 Å². The van der Waals surface area contributed by atoms with E-state index in [2.05, 4.69) is 34.6 Å². The smallest absolute Gasteiger partial charge is 0.237 e. The van der Waals surface area contributed by atoms with Crippen molar-refractivity contribution in [3.05, 3.63) is 35.9 Å². The van der Waals surface area contributed by atoms with Gasteiger partial charge in [0.2, 0.25) is 5.91 Å². The molecule has 4 nitrogen and oxygen atoms in total. The SMILES string of the molecule is CCCNCCNC(=O)C(C)N(C)Cc1ccccc1. The van der Waals surface area contributed by atoms with Gasteiger partial charge < -0.3 is 10.6 Å². The van der Waals surface area contributed by atoms with Crippen molar-refractivity contribution in [3.63, 3.8) is 0 Å². The molecule has 0 saturated carbocycles. The van der Waals surface area contributed by atoms with Gasteiger partial charge in [-0.1, -0.05) is 37.3 Å². The number of rotatable bonds is 9. The van der Waals surface area contributed by atoms with Crippen LogP contribution in [0.1, 0.15) is 25.8 Å². The van der Waals surface area contributed by atoms with Gasteiger partial charge >= 0.3 is 0 Å². The maximum Gasteiger partial charge on any atom is 0.237 e. The first-order valence-corrected chi connectivity index (χ1v) is 7.37. The molecule has 1 aromatic carbocycles. The minimum absolute atomic E-state index is 0.0849. The lowest BCUT2D eigenvalue weighted by atomic mass is 10.2. The summed E-state index contributed by atoms with van der Waals surface area (Å²) < 4.78 is 0. The summed E-state index contributed by atoms with van der Waals surface area (Å²) >= 11 is 0. The molecule has 1 atom stereocenters. The van der Waals surface area contributed by atoms with Crippen LogP contribution in [0.3, 0.4) is 0 Å². The Bertz CT molecular complexity index is 381. The van der Waals surface area contributed by atoms with Gasteiger partial charge in [-0.05, 0) is 32.5 Å². The third kappa shape index (κ3) is 6.17. The molecule has 1 aromatic rings. The molecule has 0 aliphatic carbocycles. The van der Waals surface area contributed by atoms with E-state index < -0.39 is 0 Å². The topological polar surface area (TPSA) is 44.4 Å². The number of benzene rings is 1. The first kappa shape index (κ1) is 16.7. The molecule has 1 amide bonds. The molecule has 0 aliphatic rings. The Labute approximate surface area is 122 Å². The van der Waals surface area contributed by atoms with Crippen LogP contribution in [0.4, 0.5) is 0 Å². The van der Waals surface area contributed by atoms with Gasteiger partial charge in [0, 0.05) is 19.6 Å². The lowest BCUT2D eigenvalue weighted by Gasteiger charge is -2.24. The van der Waals surface area contributed by atoms with Crippen LogP contribution in [0, 0.1) is 0 Å². The van der Waals surface area contributed by atoms with Crippen molar-refractivity contribution in [3.8, 4) is 0 Å². The van der Waals surface area contributed by atoms with Crippen molar-refractivity contribution in [1.82, 2.24) is 15.5 Å². The van der Waals surface area contributed by atoms with Crippen LogP contribution in [-0.2, 0) is 11.3 Å². The monoisotopic (exact) mass is 277 g/mol.